The Kier molecular flexibility index (Phi) is 4.88. The van der Waals surface area contributed by atoms with Gasteiger partial charge in [-0.25, -0.2) is 4.79 Å². The van der Waals surface area contributed by atoms with E-state index in [1.54, 1.807) is 19.1 Å². The van der Waals surface area contributed by atoms with Crippen LogP contribution >= 0.6 is 0 Å². The van der Waals surface area contributed by atoms with E-state index in [1.807, 2.05) is 0 Å². The van der Waals surface area contributed by atoms with Crippen molar-refractivity contribution in [3.63, 3.8) is 0 Å². The molecule has 0 bridgehead atoms. The number of hydrogen-bond acceptors (Lipinski definition) is 8. The lowest BCUT2D eigenvalue weighted by Crippen LogP contribution is -2.06. The Morgan fingerprint density at radius 1 is 1.27 bits per heavy atom. The summed E-state index contributed by atoms with van der Waals surface area (Å²) in [6.07, 6.45) is 3.43. The highest BCUT2D eigenvalue weighted by molar-refractivity contribution is 5.86. The molecule has 0 aliphatic carbocycles. The smallest absolute Gasteiger partial charge is 0.331 e. The first kappa shape index (κ1) is 17.1. The van der Waals surface area contributed by atoms with Gasteiger partial charge in [-0.2, -0.15) is 0 Å². The van der Waals surface area contributed by atoms with Gasteiger partial charge < -0.3 is 13.6 Å². The molecule has 0 radical (unpaired) electrons. The number of nitro benzene ring substituents is 1. The van der Waals surface area contributed by atoms with E-state index in [1.165, 1.54) is 42.7 Å². The first-order valence-electron chi connectivity index (χ1n) is 7.53. The van der Waals surface area contributed by atoms with Crippen LogP contribution < -0.4 is 0 Å². The molecular formula is C17H13N3O6. The van der Waals surface area contributed by atoms with E-state index in [2.05, 4.69) is 10.2 Å². The average molecular weight is 355 g/mol. The number of esters is 1. The normalized spacial score (nSPS) is 12.2. The molecule has 0 N–H and O–H groups in total. The number of furan rings is 1. The fourth-order valence-corrected chi connectivity index (χ4v) is 2.04. The van der Waals surface area contributed by atoms with Gasteiger partial charge in [0, 0.05) is 23.8 Å². The van der Waals surface area contributed by atoms with Gasteiger partial charge in [-0.1, -0.05) is 0 Å². The Balaban J connectivity index is 1.64. The molecule has 0 aliphatic heterocycles. The molecule has 9 heteroatoms. The summed E-state index contributed by atoms with van der Waals surface area (Å²) in [5, 5.41) is 18.4. The van der Waals surface area contributed by atoms with Gasteiger partial charge in [0.15, 0.2) is 6.10 Å². The van der Waals surface area contributed by atoms with Crippen LogP contribution in [0.1, 0.15) is 24.7 Å². The van der Waals surface area contributed by atoms with E-state index in [4.69, 9.17) is 13.6 Å². The van der Waals surface area contributed by atoms with Crippen molar-refractivity contribution in [1.82, 2.24) is 10.2 Å². The van der Waals surface area contributed by atoms with E-state index in [0.717, 1.165) is 0 Å². The molecule has 0 saturated heterocycles. The summed E-state index contributed by atoms with van der Waals surface area (Å²) in [5.41, 5.74) is 0.477. The number of benzene rings is 1. The summed E-state index contributed by atoms with van der Waals surface area (Å²) in [6.45, 7) is 1.59. The second-order valence-electron chi connectivity index (χ2n) is 5.18. The Morgan fingerprint density at radius 3 is 2.69 bits per heavy atom. The monoisotopic (exact) mass is 355 g/mol. The van der Waals surface area contributed by atoms with E-state index in [0.29, 0.717) is 11.3 Å². The quantitative estimate of drug-likeness (QED) is 0.285. The van der Waals surface area contributed by atoms with E-state index in [9.17, 15) is 14.9 Å². The predicted molar refractivity (Wildman–Crippen MR) is 88.6 cm³/mol. The first-order valence-corrected chi connectivity index (χ1v) is 7.53. The number of hydrogen-bond donors (Lipinski definition) is 0. The molecule has 3 aromatic rings. The second kappa shape index (κ2) is 7.43. The maximum atomic E-state index is 11.8. The van der Waals surface area contributed by atoms with Crippen molar-refractivity contribution in [2.75, 3.05) is 0 Å². The van der Waals surface area contributed by atoms with Gasteiger partial charge in [0.2, 0.25) is 5.89 Å². The highest BCUT2D eigenvalue weighted by atomic mass is 16.6. The maximum Gasteiger partial charge on any atom is 0.331 e. The molecule has 0 aliphatic rings. The fourth-order valence-electron chi connectivity index (χ4n) is 2.04. The molecule has 1 aromatic carbocycles. The topological polar surface area (TPSA) is 122 Å². The third kappa shape index (κ3) is 4.01. The van der Waals surface area contributed by atoms with Gasteiger partial charge in [-0.3, -0.25) is 10.1 Å². The van der Waals surface area contributed by atoms with Gasteiger partial charge in [0.1, 0.15) is 5.76 Å². The number of nitrogens with zero attached hydrogens (tertiary/aromatic N) is 3. The van der Waals surface area contributed by atoms with Crippen molar-refractivity contribution in [3.8, 4) is 11.5 Å². The molecule has 26 heavy (non-hydrogen) atoms. The second-order valence-corrected chi connectivity index (χ2v) is 5.18. The molecule has 9 nitrogen and oxygen atoms in total. The SMILES string of the molecule is C[C@H](OC(=O)/C=C/c1ccco1)c1nnc(-c2ccc([N+](=O)[O-])cc2)o1. The maximum absolute atomic E-state index is 11.8. The number of ether oxygens (including phenoxy) is 1. The van der Waals surface area contributed by atoms with Crippen molar-refractivity contribution < 1.29 is 23.3 Å². The molecule has 2 aromatic heterocycles. The predicted octanol–water partition coefficient (Wildman–Crippen LogP) is 3.56. The zero-order valence-corrected chi connectivity index (χ0v) is 13.6. The minimum atomic E-state index is -0.761. The lowest BCUT2D eigenvalue weighted by Gasteiger charge is -2.06. The molecule has 2 heterocycles. The summed E-state index contributed by atoms with van der Waals surface area (Å²) >= 11 is 0. The summed E-state index contributed by atoms with van der Waals surface area (Å²) in [6, 6.07) is 9.06. The van der Waals surface area contributed by atoms with Crippen molar-refractivity contribution in [2.24, 2.45) is 0 Å². The first-order chi connectivity index (χ1) is 12.5. The Hall–Kier alpha value is -3.75. The van der Waals surface area contributed by atoms with Crippen molar-refractivity contribution in [1.29, 1.82) is 0 Å². The lowest BCUT2D eigenvalue weighted by molar-refractivity contribution is -0.384. The van der Waals surface area contributed by atoms with Gasteiger partial charge >= 0.3 is 5.97 Å². The third-order valence-electron chi connectivity index (χ3n) is 3.33. The summed E-state index contributed by atoms with van der Waals surface area (Å²) in [5.74, 6) is 0.207. The van der Waals surface area contributed by atoms with Crippen molar-refractivity contribution in [3.05, 3.63) is 70.5 Å². The minimum Gasteiger partial charge on any atom is -0.465 e. The zero-order chi connectivity index (χ0) is 18.5. The van der Waals surface area contributed by atoms with Crippen LogP contribution in [0.15, 0.2) is 57.6 Å². The van der Waals surface area contributed by atoms with Crippen LogP contribution in [0.4, 0.5) is 5.69 Å². The summed E-state index contributed by atoms with van der Waals surface area (Å²) < 4.78 is 15.7. The highest BCUT2D eigenvalue weighted by Gasteiger charge is 2.18. The number of aromatic nitrogens is 2. The zero-order valence-electron chi connectivity index (χ0n) is 13.6. The Morgan fingerprint density at radius 2 is 2.04 bits per heavy atom. The van der Waals surface area contributed by atoms with Crippen LogP contribution in [-0.4, -0.2) is 21.1 Å². The standard InChI is InChI=1S/C17H13N3O6/c1-11(25-15(21)9-8-14-3-2-10-24-14)16-18-19-17(26-16)12-4-6-13(7-5-12)20(22)23/h2-11H,1H3/b9-8+/t11-/m0/s1. The molecule has 1 atom stereocenters. The number of rotatable bonds is 6. The summed E-state index contributed by atoms with van der Waals surface area (Å²) in [7, 11) is 0. The Labute approximate surface area is 147 Å². The summed E-state index contributed by atoms with van der Waals surface area (Å²) in [4.78, 5) is 22.0. The van der Waals surface area contributed by atoms with Crippen LogP contribution in [0, 0.1) is 10.1 Å². The number of carbonyl (C=O) groups excluding carboxylic acids is 1. The number of carbonyl (C=O) groups is 1. The van der Waals surface area contributed by atoms with Crippen molar-refractivity contribution in [2.45, 2.75) is 13.0 Å². The van der Waals surface area contributed by atoms with E-state index in [-0.39, 0.29) is 17.5 Å². The molecule has 3 rings (SSSR count). The third-order valence-corrected chi connectivity index (χ3v) is 3.33. The van der Waals surface area contributed by atoms with Crippen LogP contribution in [0.3, 0.4) is 0 Å². The largest absolute Gasteiger partial charge is 0.465 e. The Bertz CT molecular complexity index is 928. The fraction of sp³-hybridized carbons (Fsp3) is 0.118. The van der Waals surface area contributed by atoms with Crippen LogP contribution in [-0.2, 0) is 9.53 Å². The van der Waals surface area contributed by atoms with Gasteiger partial charge in [0.25, 0.3) is 11.6 Å². The van der Waals surface area contributed by atoms with Gasteiger partial charge in [0.05, 0.1) is 11.2 Å². The molecule has 0 unspecified atom stereocenters. The molecule has 132 valence electrons. The van der Waals surface area contributed by atoms with Crippen LogP contribution in [0.2, 0.25) is 0 Å². The number of nitro groups is 1. The van der Waals surface area contributed by atoms with Gasteiger partial charge in [-0.15, -0.1) is 10.2 Å². The van der Waals surface area contributed by atoms with Gasteiger partial charge in [-0.05, 0) is 37.3 Å². The molecule has 0 amide bonds. The molecule has 0 spiro atoms. The molecular weight excluding hydrogens is 342 g/mol. The minimum absolute atomic E-state index is 0.0425. The van der Waals surface area contributed by atoms with Crippen molar-refractivity contribution >= 4 is 17.7 Å². The van der Waals surface area contributed by atoms with E-state index >= 15 is 0 Å². The van der Waals surface area contributed by atoms with Crippen LogP contribution in [0.25, 0.3) is 17.5 Å². The molecule has 0 saturated carbocycles. The average Bonchev–Trinajstić information content (AvgIpc) is 3.32. The highest BCUT2D eigenvalue weighted by Crippen LogP contribution is 2.24. The lowest BCUT2D eigenvalue weighted by atomic mass is 10.2. The van der Waals surface area contributed by atoms with Crippen LogP contribution in [0.5, 0.6) is 0 Å². The number of non-ortho nitro benzene ring substituents is 1. The van der Waals surface area contributed by atoms with E-state index < -0.39 is 17.0 Å². The molecule has 0 fully saturated rings.